The molecule has 3 rings (SSSR count). The molecule has 0 unspecified atom stereocenters. The molecule has 0 aliphatic carbocycles. The van der Waals surface area contributed by atoms with Gasteiger partial charge in [-0.15, -0.1) is 0 Å². The molecule has 1 aromatic heterocycles. The number of aryl methyl sites for hydroxylation is 1. The maximum Gasteiger partial charge on any atom is 0.387 e. The number of amides is 1. The molecule has 0 spiro atoms. The van der Waals surface area contributed by atoms with Crippen LogP contribution in [0, 0.1) is 6.92 Å². The minimum atomic E-state index is -3.86. The Morgan fingerprint density at radius 2 is 1.84 bits per heavy atom. The zero-order valence-corrected chi connectivity index (χ0v) is 17.3. The van der Waals surface area contributed by atoms with Crippen LogP contribution in [0.2, 0.25) is 0 Å². The number of rotatable bonds is 9. The number of carbonyl (C=O) groups is 1. The Balaban J connectivity index is 1.67. The Labute approximate surface area is 178 Å². The minimum Gasteiger partial charge on any atom is -0.468 e. The molecule has 0 aliphatic rings. The van der Waals surface area contributed by atoms with E-state index in [1.807, 2.05) is 0 Å². The number of benzene rings is 2. The van der Waals surface area contributed by atoms with E-state index < -0.39 is 22.5 Å². The van der Waals surface area contributed by atoms with Crippen molar-refractivity contribution in [3.63, 3.8) is 0 Å². The second kappa shape index (κ2) is 9.71. The summed E-state index contributed by atoms with van der Waals surface area (Å²) < 4.78 is 61.3. The molecule has 0 bridgehead atoms. The highest BCUT2D eigenvalue weighted by atomic mass is 32.2. The highest BCUT2D eigenvalue weighted by Gasteiger charge is 2.18. The largest absolute Gasteiger partial charge is 0.468 e. The summed E-state index contributed by atoms with van der Waals surface area (Å²) in [5, 5.41) is 2.69. The first-order valence-electron chi connectivity index (χ1n) is 9.19. The first kappa shape index (κ1) is 22.4. The third kappa shape index (κ3) is 6.12. The zero-order valence-electron chi connectivity index (χ0n) is 16.5. The molecule has 31 heavy (non-hydrogen) atoms. The average molecular weight is 450 g/mol. The topological polar surface area (TPSA) is 97.6 Å². The number of hydrogen-bond donors (Lipinski definition) is 2. The fourth-order valence-electron chi connectivity index (χ4n) is 2.74. The molecule has 1 heterocycles. The molecule has 10 heteroatoms. The van der Waals surface area contributed by atoms with Crippen LogP contribution in [0.4, 0.5) is 8.78 Å². The van der Waals surface area contributed by atoms with Gasteiger partial charge in [-0.05, 0) is 54.4 Å². The van der Waals surface area contributed by atoms with Gasteiger partial charge in [-0.3, -0.25) is 4.79 Å². The monoisotopic (exact) mass is 450 g/mol. The smallest absolute Gasteiger partial charge is 0.387 e. The predicted octanol–water partition coefficient (Wildman–Crippen LogP) is 3.60. The van der Waals surface area contributed by atoms with Crippen molar-refractivity contribution in [3.05, 3.63) is 83.3 Å². The third-order valence-corrected chi connectivity index (χ3v) is 5.78. The van der Waals surface area contributed by atoms with Crippen LogP contribution in [0.1, 0.15) is 27.2 Å². The minimum absolute atomic E-state index is 0.0147. The standard InChI is InChI=1S/C21H20F2N2O5S/c1-14-4-9-18(31(27,28)25-13-17-3-2-10-29-17)11-19(14)20(26)24-12-15-5-7-16(8-6-15)30-21(22)23/h2-11,21,25H,12-13H2,1H3,(H,24,26). The first-order valence-corrected chi connectivity index (χ1v) is 10.7. The van der Waals surface area contributed by atoms with Crippen molar-refractivity contribution in [3.8, 4) is 5.75 Å². The molecule has 0 saturated heterocycles. The van der Waals surface area contributed by atoms with E-state index in [9.17, 15) is 22.0 Å². The number of hydrogen-bond acceptors (Lipinski definition) is 5. The van der Waals surface area contributed by atoms with Gasteiger partial charge in [0.1, 0.15) is 11.5 Å². The van der Waals surface area contributed by atoms with Crippen molar-refractivity contribution < 1.29 is 31.1 Å². The van der Waals surface area contributed by atoms with Gasteiger partial charge in [0.05, 0.1) is 17.7 Å². The molecule has 3 aromatic rings. The maximum absolute atomic E-state index is 12.6. The lowest BCUT2D eigenvalue weighted by molar-refractivity contribution is -0.0498. The van der Waals surface area contributed by atoms with E-state index in [0.29, 0.717) is 16.9 Å². The van der Waals surface area contributed by atoms with Gasteiger partial charge in [-0.2, -0.15) is 8.78 Å². The number of ether oxygens (including phenoxy) is 1. The summed E-state index contributed by atoms with van der Waals surface area (Å²) in [7, 11) is -3.86. The van der Waals surface area contributed by atoms with E-state index in [1.165, 1.54) is 30.5 Å². The van der Waals surface area contributed by atoms with Crippen molar-refractivity contribution in [2.45, 2.75) is 31.5 Å². The summed E-state index contributed by atoms with van der Waals surface area (Å²) in [5.74, 6) is 0.00740. The highest BCUT2D eigenvalue weighted by Crippen LogP contribution is 2.18. The molecular formula is C21H20F2N2O5S. The van der Waals surface area contributed by atoms with E-state index in [4.69, 9.17) is 4.42 Å². The van der Waals surface area contributed by atoms with Gasteiger partial charge in [0.2, 0.25) is 10.0 Å². The van der Waals surface area contributed by atoms with Crippen LogP contribution in [-0.2, 0) is 23.1 Å². The fourth-order valence-corrected chi connectivity index (χ4v) is 3.76. The van der Waals surface area contributed by atoms with E-state index in [-0.39, 0.29) is 29.3 Å². The summed E-state index contributed by atoms with van der Waals surface area (Å²) in [5.41, 5.74) is 1.47. The lowest BCUT2D eigenvalue weighted by Crippen LogP contribution is -2.26. The highest BCUT2D eigenvalue weighted by molar-refractivity contribution is 7.89. The number of alkyl halides is 2. The van der Waals surface area contributed by atoms with Gasteiger partial charge in [0.15, 0.2) is 0 Å². The molecule has 164 valence electrons. The van der Waals surface area contributed by atoms with Gasteiger partial charge < -0.3 is 14.5 Å². The third-order valence-electron chi connectivity index (χ3n) is 4.38. The molecular weight excluding hydrogens is 430 g/mol. The Bertz CT molecular complexity index is 1130. The lowest BCUT2D eigenvalue weighted by atomic mass is 10.1. The quantitative estimate of drug-likeness (QED) is 0.519. The van der Waals surface area contributed by atoms with E-state index in [0.717, 1.165) is 0 Å². The van der Waals surface area contributed by atoms with Crippen molar-refractivity contribution in [1.29, 1.82) is 0 Å². The number of furan rings is 1. The van der Waals surface area contributed by atoms with Crippen molar-refractivity contribution >= 4 is 15.9 Å². The first-order chi connectivity index (χ1) is 14.7. The van der Waals surface area contributed by atoms with Gasteiger partial charge in [-0.1, -0.05) is 18.2 Å². The average Bonchev–Trinajstić information content (AvgIpc) is 3.25. The van der Waals surface area contributed by atoms with Crippen molar-refractivity contribution in [2.75, 3.05) is 0 Å². The van der Waals surface area contributed by atoms with Gasteiger partial charge in [-0.25, -0.2) is 13.1 Å². The Hall–Kier alpha value is -3.24. The Morgan fingerprint density at radius 1 is 1.10 bits per heavy atom. The van der Waals surface area contributed by atoms with Crippen LogP contribution in [0.5, 0.6) is 5.75 Å². The zero-order chi connectivity index (χ0) is 22.4. The second-order valence-electron chi connectivity index (χ2n) is 6.59. The lowest BCUT2D eigenvalue weighted by Gasteiger charge is -2.11. The number of halogens is 2. The van der Waals surface area contributed by atoms with Crippen LogP contribution < -0.4 is 14.8 Å². The van der Waals surface area contributed by atoms with E-state index in [1.54, 1.807) is 37.3 Å². The SMILES string of the molecule is Cc1ccc(S(=O)(=O)NCc2ccco2)cc1C(=O)NCc1ccc(OC(F)F)cc1. The van der Waals surface area contributed by atoms with Crippen molar-refractivity contribution in [1.82, 2.24) is 10.0 Å². The Kier molecular flexibility index (Phi) is 7.03. The van der Waals surface area contributed by atoms with E-state index in [2.05, 4.69) is 14.8 Å². The predicted molar refractivity (Wildman–Crippen MR) is 108 cm³/mol. The van der Waals surface area contributed by atoms with E-state index >= 15 is 0 Å². The second-order valence-corrected chi connectivity index (χ2v) is 8.35. The van der Waals surface area contributed by atoms with Crippen LogP contribution >= 0.6 is 0 Å². The van der Waals surface area contributed by atoms with Gasteiger partial charge in [0, 0.05) is 12.1 Å². The molecule has 0 fully saturated rings. The molecule has 7 nitrogen and oxygen atoms in total. The summed E-state index contributed by atoms with van der Waals surface area (Å²) in [6.07, 6.45) is 1.44. The summed E-state index contributed by atoms with van der Waals surface area (Å²) in [4.78, 5) is 12.6. The molecule has 0 radical (unpaired) electrons. The molecule has 2 N–H and O–H groups in total. The van der Waals surface area contributed by atoms with Crippen LogP contribution in [0.15, 0.2) is 70.2 Å². The number of nitrogens with one attached hydrogen (secondary N) is 2. The van der Waals surface area contributed by atoms with Gasteiger partial charge in [0.25, 0.3) is 5.91 Å². The fraction of sp³-hybridized carbons (Fsp3) is 0.190. The summed E-state index contributed by atoms with van der Waals surface area (Å²) >= 11 is 0. The van der Waals surface area contributed by atoms with Crippen LogP contribution in [-0.4, -0.2) is 20.9 Å². The molecule has 0 aliphatic heterocycles. The Morgan fingerprint density at radius 3 is 2.48 bits per heavy atom. The molecule has 2 aromatic carbocycles. The molecule has 1 amide bonds. The summed E-state index contributed by atoms with van der Waals surface area (Å²) in [6, 6.07) is 13.4. The molecule has 0 atom stereocenters. The normalized spacial score (nSPS) is 11.5. The number of carbonyl (C=O) groups excluding carboxylic acids is 1. The number of sulfonamides is 1. The summed E-state index contributed by atoms with van der Waals surface area (Å²) in [6.45, 7) is -1.11. The van der Waals surface area contributed by atoms with Crippen LogP contribution in [0.25, 0.3) is 0 Å². The maximum atomic E-state index is 12.6. The van der Waals surface area contributed by atoms with Crippen LogP contribution in [0.3, 0.4) is 0 Å². The van der Waals surface area contributed by atoms with Crippen molar-refractivity contribution in [2.24, 2.45) is 0 Å². The van der Waals surface area contributed by atoms with Gasteiger partial charge >= 0.3 is 6.61 Å². The molecule has 0 saturated carbocycles.